The first-order valence-corrected chi connectivity index (χ1v) is 11.0. The van der Waals surface area contributed by atoms with Crippen LogP contribution in [0.2, 0.25) is 0 Å². The normalized spacial score (nSPS) is 46.6. The molecule has 0 spiro atoms. The first kappa shape index (κ1) is 19.9. The summed E-state index contributed by atoms with van der Waals surface area (Å²) in [5.41, 5.74) is 6.19. The van der Waals surface area contributed by atoms with E-state index in [2.05, 4.69) is 19.0 Å². The van der Waals surface area contributed by atoms with Crippen LogP contribution in [0.5, 0.6) is 0 Å². The molecule has 3 N–H and O–H groups in total. The predicted molar refractivity (Wildman–Crippen MR) is 105 cm³/mol. The summed E-state index contributed by atoms with van der Waals surface area (Å²) in [7, 11) is 0. The molecule has 28 heavy (non-hydrogen) atoms. The highest BCUT2D eigenvalue weighted by molar-refractivity contribution is 5.90. The Labute approximate surface area is 167 Å². The van der Waals surface area contributed by atoms with Gasteiger partial charge in [0.15, 0.2) is 0 Å². The Morgan fingerprint density at radius 3 is 2.75 bits per heavy atom. The maximum atomic E-state index is 12.6. The van der Waals surface area contributed by atoms with Gasteiger partial charge in [0.1, 0.15) is 11.9 Å². The Morgan fingerprint density at radius 1 is 1.25 bits per heavy atom. The minimum atomic E-state index is -0.231. The van der Waals surface area contributed by atoms with E-state index < -0.39 is 0 Å². The number of ether oxygens (including phenoxy) is 1. The molecule has 0 amide bonds. The summed E-state index contributed by atoms with van der Waals surface area (Å²) in [6.45, 7) is 4.82. The predicted octanol–water partition coefficient (Wildman–Crippen LogP) is 3.30. The molecule has 0 aromatic heterocycles. The van der Waals surface area contributed by atoms with E-state index >= 15 is 0 Å². The SMILES string of the molecule is C[C@]12CCC(OC(=O)CCN)CC1/C(=N\O)C[C@@H]1[C@H]2CC[C@]2(C)C(=O)CC[C@@H]12. The molecule has 4 fully saturated rings. The summed E-state index contributed by atoms with van der Waals surface area (Å²) in [6.07, 6.45) is 7.21. The van der Waals surface area contributed by atoms with Crippen LogP contribution < -0.4 is 5.73 Å². The highest BCUT2D eigenvalue weighted by atomic mass is 16.5. The lowest BCUT2D eigenvalue weighted by Crippen LogP contribution is -2.57. The van der Waals surface area contributed by atoms with Crippen molar-refractivity contribution in [1.82, 2.24) is 0 Å². The molecular weight excluding hydrogens is 356 g/mol. The zero-order chi connectivity index (χ0) is 20.1. The number of hydrogen-bond donors (Lipinski definition) is 2. The molecule has 0 radical (unpaired) electrons. The van der Waals surface area contributed by atoms with E-state index in [1.807, 2.05) is 0 Å². The number of carbonyl (C=O) groups is 2. The Kier molecular flexibility index (Phi) is 5.05. The molecule has 0 heterocycles. The van der Waals surface area contributed by atoms with Crippen LogP contribution in [0, 0.1) is 34.5 Å². The number of ketones is 1. The van der Waals surface area contributed by atoms with Gasteiger partial charge in [-0.2, -0.15) is 0 Å². The van der Waals surface area contributed by atoms with Crippen molar-refractivity contribution < 1.29 is 19.5 Å². The van der Waals surface area contributed by atoms with Gasteiger partial charge in [0.05, 0.1) is 12.1 Å². The van der Waals surface area contributed by atoms with Crippen molar-refractivity contribution in [2.24, 2.45) is 45.4 Å². The van der Waals surface area contributed by atoms with Crippen LogP contribution in [0.1, 0.15) is 71.6 Å². The second-order valence-electron chi connectivity index (χ2n) is 10.1. The summed E-state index contributed by atoms with van der Waals surface area (Å²) < 4.78 is 5.65. The lowest BCUT2D eigenvalue weighted by Gasteiger charge is -2.60. The van der Waals surface area contributed by atoms with Gasteiger partial charge in [0, 0.05) is 24.3 Å². The van der Waals surface area contributed by atoms with E-state index in [0.29, 0.717) is 36.5 Å². The van der Waals surface area contributed by atoms with Gasteiger partial charge in [-0.25, -0.2) is 0 Å². The quantitative estimate of drug-likeness (QED) is 0.437. The van der Waals surface area contributed by atoms with Crippen LogP contribution in [-0.2, 0) is 14.3 Å². The minimum Gasteiger partial charge on any atom is -0.462 e. The van der Waals surface area contributed by atoms with Gasteiger partial charge in [0.2, 0.25) is 0 Å². The van der Waals surface area contributed by atoms with Crippen LogP contribution >= 0.6 is 0 Å². The number of fused-ring (bicyclic) bond motifs is 5. The third kappa shape index (κ3) is 2.90. The largest absolute Gasteiger partial charge is 0.462 e. The molecule has 0 saturated heterocycles. The first-order valence-electron chi connectivity index (χ1n) is 11.0. The number of hydrogen-bond acceptors (Lipinski definition) is 6. The van der Waals surface area contributed by atoms with Gasteiger partial charge in [-0.05, 0) is 68.1 Å². The molecule has 6 nitrogen and oxygen atoms in total. The van der Waals surface area contributed by atoms with Gasteiger partial charge in [-0.3, -0.25) is 9.59 Å². The van der Waals surface area contributed by atoms with E-state index in [9.17, 15) is 14.8 Å². The van der Waals surface area contributed by atoms with Gasteiger partial charge in [0.25, 0.3) is 0 Å². The number of rotatable bonds is 3. The minimum absolute atomic E-state index is 0.0498. The smallest absolute Gasteiger partial charge is 0.307 e. The van der Waals surface area contributed by atoms with Crippen LogP contribution in [0.15, 0.2) is 5.16 Å². The fraction of sp³-hybridized carbons (Fsp3) is 0.864. The maximum absolute atomic E-state index is 12.6. The van der Waals surface area contributed by atoms with Crippen LogP contribution in [0.3, 0.4) is 0 Å². The maximum Gasteiger partial charge on any atom is 0.307 e. The van der Waals surface area contributed by atoms with Crippen molar-refractivity contribution in [3.63, 3.8) is 0 Å². The summed E-state index contributed by atoms with van der Waals surface area (Å²) in [5.74, 6) is 1.73. The lowest BCUT2D eigenvalue weighted by atomic mass is 9.44. The first-order chi connectivity index (χ1) is 13.3. The van der Waals surface area contributed by atoms with E-state index in [0.717, 1.165) is 50.7 Å². The Bertz CT molecular complexity index is 692. The lowest BCUT2D eigenvalue weighted by molar-refractivity contribution is -0.155. The Morgan fingerprint density at radius 2 is 2.04 bits per heavy atom. The molecule has 0 bridgehead atoms. The zero-order valence-corrected chi connectivity index (χ0v) is 17.2. The third-order valence-corrected chi connectivity index (χ3v) is 8.91. The van der Waals surface area contributed by atoms with Crippen molar-refractivity contribution in [2.75, 3.05) is 6.54 Å². The second kappa shape index (κ2) is 7.12. The molecule has 0 aromatic rings. The molecule has 7 atom stereocenters. The number of Topliss-reactive ketones (excluding diaryl/α,β-unsaturated/α-hetero) is 1. The number of nitrogens with zero attached hydrogens (tertiary/aromatic N) is 1. The topological polar surface area (TPSA) is 102 Å². The molecule has 0 aromatic carbocycles. The highest BCUT2D eigenvalue weighted by Gasteiger charge is 2.62. The third-order valence-electron chi connectivity index (χ3n) is 8.91. The van der Waals surface area contributed by atoms with Gasteiger partial charge in [-0.15, -0.1) is 0 Å². The van der Waals surface area contributed by atoms with Crippen molar-refractivity contribution in [3.8, 4) is 0 Å². The zero-order valence-electron chi connectivity index (χ0n) is 17.2. The van der Waals surface area contributed by atoms with E-state index in [4.69, 9.17) is 10.5 Å². The summed E-state index contributed by atoms with van der Waals surface area (Å²) in [6, 6.07) is 0. The average Bonchev–Trinajstić information content (AvgIpc) is 2.97. The average molecular weight is 391 g/mol. The van der Waals surface area contributed by atoms with E-state index in [-0.39, 0.29) is 35.2 Å². The van der Waals surface area contributed by atoms with Gasteiger partial charge in [-0.1, -0.05) is 19.0 Å². The molecule has 6 heteroatoms. The molecular formula is C22H34N2O4. The Hall–Kier alpha value is -1.43. The van der Waals surface area contributed by atoms with Crippen molar-refractivity contribution in [2.45, 2.75) is 77.7 Å². The van der Waals surface area contributed by atoms with Crippen molar-refractivity contribution in [1.29, 1.82) is 0 Å². The molecule has 0 aliphatic heterocycles. The number of esters is 1. The number of nitrogens with two attached hydrogens (primary N) is 1. The van der Waals surface area contributed by atoms with Crippen LogP contribution in [0.4, 0.5) is 0 Å². The summed E-state index contributed by atoms with van der Waals surface area (Å²) in [5, 5.41) is 13.6. The standard InChI is InChI=1S/C22H34N2O4/c1-21-8-5-13(28-20(26)7-10-23)11-17(21)18(24-27)12-14-15-3-4-19(25)22(15,2)9-6-16(14)21/h13-17,27H,3-12,23H2,1-2H3/b24-18-/t13?,14-,15-,16+,17?,21+,22-/m0/s1. The number of carbonyl (C=O) groups excluding carboxylic acids is 2. The molecule has 4 saturated carbocycles. The fourth-order valence-corrected chi connectivity index (χ4v) is 7.38. The van der Waals surface area contributed by atoms with Crippen LogP contribution in [-0.4, -0.2) is 35.3 Å². The molecule has 4 rings (SSSR count). The van der Waals surface area contributed by atoms with Crippen molar-refractivity contribution in [3.05, 3.63) is 0 Å². The van der Waals surface area contributed by atoms with Gasteiger partial charge < -0.3 is 15.7 Å². The molecule has 2 unspecified atom stereocenters. The second-order valence-corrected chi connectivity index (χ2v) is 10.1. The van der Waals surface area contributed by atoms with Crippen LogP contribution in [0.25, 0.3) is 0 Å². The fourth-order valence-electron chi connectivity index (χ4n) is 7.38. The number of oxime groups is 1. The molecule has 156 valence electrons. The van der Waals surface area contributed by atoms with E-state index in [1.54, 1.807) is 0 Å². The molecule has 4 aliphatic carbocycles. The monoisotopic (exact) mass is 390 g/mol. The molecule has 4 aliphatic rings. The Balaban J connectivity index is 1.57. The van der Waals surface area contributed by atoms with Crippen molar-refractivity contribution >= 4 is 17.5 Å². The highest BCUT2D eigenvalue weighted by Crippen LogP contribution is 2.65. The summed E-state index contributed by atoms with van der Waals surface area (Å²) in [4.78, 5) is 24.5. The van der Waals surface area contributed by atoms with E-state index in [1.165, 1.54) is 0 Å². The summed E-state index contributed by atoms with van der Waals surface area (Å²) >= 11 is 0. The van der Waals surface area contributed by atoms with Gasteiger partial charge >= 0.3 is 5.97 Å².